The molecule has 4 amide bonds. The topological polar surface area (TPSA) is 78.5 Å². The Morgan fingerprint density at radius 1 is 1.07 bits per heavy atom. The molecule has 1 aliphatic rings. The van der Waals surface area contributed by atoms with Gasteiger partial charge in [-0.25, -0.2) is 4.79 Å². The molecule has 140 valence electrons. The molecule has 2 N–H and O–H groups in total. The number of carbonyl (C=O) groups excluding carboxylic acids is 3. The molecule has 1 fully saturated rings. The molecule has 1 atom stereocenters. The van der Waals surface area contributed by atoms with Crippen LogP contribution in [-0.2, 0) is 22.7 Å². The Bertz CT molecular complexity index is 841. The molecule has 0 saturated carbocycles. The standard InChI is InChI=1S/C20H20ClN3O3/c21-16-8-4-7-15(11-16)12-22-18(25)10-9-17-19(26)24(20(27)23-17)13-14-5-2-1-3-6-14/h1-8,11,17H,9-10,12-13H2,(H,22,25)(H,23,27)/t17-/m0/s1. The van der Waals surface area contributed by atoms with Crippen LogP contribution in [0.15, 0.2) is 54.6 Å². The molecule has 2 aromatic carbocycles. The van der Waals surface area contributed by atoms with Crippen LogP contribution in [-0.4, -0.2) is 28.8 Å². The minimum atomic E-state index is -0.668. The van der Waals surface area contributed by atoms with E-state index in [9.17, 15) is 14.4 Å². The molecule has 6 nitrogen and oxygen atoms in total. The number of hydrogen-bond donors (Lipinski definition) is 2. The molecule has 0 radical (unpaired) electrons. The van der Waals surface area contributed by atoms with Crippen LogP contribution in [0, 0.1) is 0 Å². The van der Waals surface area contributed by atoms with Crippen LogP contribution in [0.1, 0.15) is 24.0 Å². The number of carbonyl (C=O) groups is 3. The summed E-state index contributed by atoms with van der Waals surface area (Å²) in [6, 6.07) is 15.4. The van der Waals surface area contributed by atoms with E-state index in [-0.39, 0.29) is 31.2 Å². The Hall–Kier alpha value is -2.86. The van der Waals surface area contributed by atoms with Gasteiger partial charge in [-0.3, -0.25) is 14.5 Å². The summed E-state index contributed by atoms with van der Waals surface area (Å²) in [7, 11) is 0. The monoisotopic (exact) mass is 385 g/mol. The van der Waals surface area contributed by atoms with E-state index in [1.54, 1.807) is 12.1 Å². The van der Waals surface area contributed by atoms with E-state index >= 15 is 0 Å². The third-order valence-corrected chi connectivity index (χ3v) is 4.56. The molecule has 0 aliphatic carbocycles. The molecule has 27 heavy (non-hydrogen) atoms. The highest BCUT2D eigenvalue weighted by molar-refractivity contribution is 6.30. The fourth-order valence-corrected chi connectivity index (χ4v) is 3.11. The lowest BCUT2D eigenvalue weighted by Crippen LogP contribution is -2.32. The highest BCUT2D eigenvalue weighted by atomic mass is 35.5. The molecule has 1 heterocycles. The van der Waals surface area contributed by atoms with Crippen molar-refractivity contribution in [3.05, 3.63) is 70.7 Å². The number of imide groups is 1. The summed E-state index contributed by atoms with van der Waals surface area (Å²) in [5.41, 5.74) is 1.77. The van der Waals surface area contributed by atoms with Crippen molar-refractivity contribution in [2.24, 2.45) is 0 Å². The Balaban J connectivity index is 1.47. The Kier molecular flexibility index (Phi) is 6.08. The van der Waals surface area contributed by atoms with Gasteiger partial charge in [-0.1, -0.05) is 54.1 Å². The van der Waals surface area contributed by atoms with E-state index in [0.717, 1.165) is 11.1 Å². The Morgan fingerprint density at radius 2 is 1.81 bits per heavy atom. The SMILES string of the molecule is O=C(CC[C@@H]1NC(=O)N(Cc2ccccc2)C1=O)NCc1cccc(Cl)c1. The first-order chi connectivity index (χ1) is 13.0. The summed E-state index contributed by atoms with van der Waals surface area (Å²) in [5, 5.41) is 6.05. The summed E-state index contributed by atoms with van der Waals surface area (Å²) < 4.78 is 0. The van der Waals surface area contributed by atoms with Crippen molar-refractivity contribution in [2.45, 2.75) is 32.0 Å². The summed E-state index contributed by atoms with van der Waals surface area (Å²) in [4.78, 5) is 37.7. The average molecular weight is 386 g/mol. The molecule has 2 aromatic rings. The molecule has 0 aromatic heterocycles. The van der Waals surface area contributed by atoms with Crippen molar-refractivity contribution >= 4 is 29.4 Å². The second-order valence-electron chi connectivity index (χ2n) is 6.36. The minimum absolute atomic E-state index is 0.149. The van der Waals surface area contributed by atoms with Gasteiger partial charge in [-0.05, 0) is 29.7 Å². The highest BCUT2D eigenvalue weighted by Gasteiger charge is 2.37. The van der Waals surface area contributed by atoms with Crippen molar-refractivity contribution in [2.75, 3.05) is 0 Å². The molecule has 1 aliphatic heterocycles. The first kappa shape index (κ1) is 18.9. The smallest absolute Gasteiger partial charge is 0.325 e. The zero-order valence-electron chi connectivity index (χ0n) is 14.7. The van der Waals surface area contributed by atoms with Gasteiger partial charge in [0.2, 0.25) is 5.91 Å². The van der Waals surface area contributed by atoms with Crippen LogP contribution in [0.2, 0.25) is 5.02 Å². The van der Waals surface area contributed by atoms with Crippen LogP contribution in [0.4, 0.5) is 4.79 Å². The number of amides is 4. The van der Waals surface area contributed by atoms with Crippen LogP contribution in [0.5, 0.6) is 0 Å². The van der Waals surface area contributed by atoms with E-state index in [2.05, 4.69) is 10.6 Å². The number of urea groups is 1. The molecule has 3 rings (SSSR count). The second-order valence-corrected chi connectivity index (χ2v) is 6.79. The molecule has 7 heteroatoms. The van der Waals surface area contributed by atoms with Gasteiger partial charge in [0.1, 0.15) is 6.04 Å². The van der Waals surface area contributed by atoms with Crippen LogP contribution in [0.25, 0.3) is 0 Å². The predicted octanol–water partition coefficient (Wildman–Crippen LogP) is 2.86. The third kappa shape index (κ3) is 5.08. The van der Waals surface area contributed by atoms with Crippen molar-refractivity contribution in [3.63, 3.8) is 0 Å². The van der Waals surface area contributed by atoms with Gasteiger partial charge in [-0.15, -0.1) is 0 Å². The summed E-state index contributed by atoms with van der Waals surface area (Å²) in [6.07, 6.45) is 0.410. The van der Waals surface area contributed by atoms with Gasteiger partial charge in [-0.2, -0.15) is 0 Å². The molecular weight excluding hydrogens is 366 g/mol. The lowest BCUT2D eigenvalue weighted by atomic mass is 10.1. The average Bonchev–Trinajstić information content (AvgIpc) is 2.93. The Labute approximate surface area is 162 Å². The largest absolute Gasteiger partial charge is 0.352 e. The number of hydrogen-bond acceptors (Lipinski definition) is 3. The molecular formula is C20H20ClN3O3. The molecule has 0 bridgehead atoms. The van der Waals surface area contributed by atoms with E-state index in [1.807, 2.05) is 42.5 Å². The predicted molar refractivity (Wildman–Crippen MR) is 102 cm³/mol. The van der Waals surface area contributed by atoms with E-state index in [1.165, 1.54) is 4.90 Å². The summed E-state index contributed by atoms with van der Waals surface area (Å²) in [5.74, 6) is -0.481. The molecule has 1 saturated heterocycles. The quantitative estimate of drug-likeness (QED) is 0.719. The van der Waals surface area contributed by atoms with Crippen molar-refractivity contribution in [1.82, 2.24) is 15.5 Å². The number of rotatable bonds is 7. The molecule has 0 spiro atoms. The molecule has 0 unspecified atom stereocenters. The lowest BCUT2D eigenvalue weighted by molar-refractivity contribution is -0.128. The van der Waals surface area contributed by atoms with E-state index in [0.29, 0.717) is 11.6 Å². The van der Waals surface area contributed by atoms with Gasteiger partial charge < -0.3 is 10.6 Å². The first-order valence-corrected chi connectivity index (χ1v) is 9.07. The number of benzene rings is 2. The zero-order valence-corrected chi connectivity index (χ0v) is 15.4. The van der Waals surface area contributed by atoms with Gasteiger partial charge in [0, 0.05) is 18.0 Å². The van der Waals surface area contributed by atoms with Crippen molar-refractivity contribution in [3.8, 4) is 0 Å². The van der Waals surface area contributed by atoms with Crippen LogP contribution in [0.3, 0.4) is 0 Å². The highest BCUT2D eigenvalue weighted by Crippen LogP contribution is 2.15. The van der Waals surface area contributed by atoms with E-state index in [4.69, 9.17) is 11.6 Å². The van der Waals surface area contributed by atoms with Gasteiger partial charge in [0.05, 0.1) is 6.54 Å². The number of nitrogens with zero attached hydrogens (tertiary/aromatic N) is 1. The zero-order chi connectivity index (χ0) is 19.2. The maximum absolute atomic E-state index is 12.4. The normalized spacial score (nSPS) is 16.3. The lowest BCUT2D eigenvalue weighted by Gasteiger charge is -2.13. The Morgan fingerprint density at radius 3 is 2.56 bits per heavy atom. The summed E-state index contributed by atoms with van der Waals surface area (Å²) >= 11 is 5.91. The van der Waals surface area contributed by atoms with Crippen molar-refractivity contribution < 1.29 is 14.4 Å². The van der Waals surface area contributed by atoms with Gasteiger partial charge >= 0.3 is 6.03 Å². The first-order valence-electron chi connectivity index (χ1n) is 8.70. The van der Waals surface area contributed by atoms with Crippen LogP contribution >= 0.6 is 11.6 Å². The number of nitrogens with one attached hydrogen (secondary N) is 2. The fourth-order valence-electron chi connectivity index (χ4n) is 2.90. The minimum Gasteiger partial charge on any atom is -0.352 e. The van der Waals surface area contributed by atoms with Crippen molar-refractivity contribution in [1.29, 1.82) is 0 Å². The maximum atomic E-state index is 12.4. The second kappa shape index (κ2) is 8.68. The number of halogens is 1. The van der Waals surface area contributed by atoms with E-state index < -0.39 is 12.1 Å². The fraction of sp³-hybridized carbons (Fsp3) is 0.250. The third-order valence-electron chi connectivity index (χ3n) is 4.33. The summed E-state index contributed by atoms with van der Waals surface area (Å²) in [6.45, 7) is 0.591. The van der Waals surface area contributed by atoms with Crippen LogP contribution < -0.4 is 10.6 Å². The maximum Gasteiger partial charge on any atom is 0.325 e. The van der Waals surface area contributed by atoms with Gasteiger partial charge in [0.25, 0.3) is 5.91 Å². The van der Waals surface area contributed by atoms with Gasteiger partial charge in [0.15, 0.2) is 0 Å².